The molecule has 8 heteroatoms. The number of sulfonamides is 1. The van der Waals surface area contributed by atoms with Gasteiger partial charge in [0, 0.05) is 39.3 Å². The van der Waals surface area contributed by atoms with Crippen LogP contribution in [0.2, 0.25) is 0 Å². The molecule has 2 aliphatic heterocycles. The molecule has 1 saturated heterocycles. The van der Waals surface area contributed by atoms with E-state index < -0.39 is 16.1 Å². The van der Waals surface area contributed by atoms with Crippen LogP contribution in [0.5, 0.6) is 5.75 Å². The first-order valence-corrected chi connectivity index (χ1v) is 12.6. The number of anilines is 2. The van der Waals surface area contributed by atoms with Crippen molar-refractivity contribution >= 4 is 21.4 Å². The molecule has 2 aromatic carbocycles. The van der Waals surface area contributed by atoms with E-state index in [0.29, 0.717) is 13.1 Å². The van der Waals surface area contributed by atoms with Crippen molar-refractivity contribution in [2.45, 2.75) is 18.9 Å². The van der Waals surface area contributed by atoms with Crippen LogP contribution >= 0.6 is 0 Å². The standard InChI is InChI=1S/C23H31N3O4S/c1-30-23-8-4-3-7-21(23)25-14-12-24(13-15-25)17-22(27)19-9-10-20-18(16-19)6-5-11-26(20)31(2,28)29/h3-4,7-10,16,22,27H,5-6,11-15,17H2,1-2H3/t22-/m1/s1. The van der Waals surface area contributed by atoms with Gasteiger partial charge >= 0.3 is 0 Å². The Morgan fingerprint density at radius 1 is 1.03 bits per heavy atom. The zero-order valence-electron chi connectivity index (χ0n) is 18.2. The van der Waals surface area contributed by atoms with Crippen molar-refractivity contribution in [3.63, 3.8) is 0 Å². The van der Waals surface area contributed by atoms with E-state index in [2.05, 4.69) is 15.9 Å². The highest BCUT2D eigenvalue weighted by atomic mass is 32.2. The molecule has 31 heavy (non-hydrogen) atoms. The van der Waals surface area contributed by atoms with Gasteiger partial charge < -0.3 is 14.7 Å². The lowest BCUT2D eigenvalue weighted by atomic mass is 9.98. The molecule has 0 bridgehead atoms. The summed E-state index contributed by atoms with van der Waals surface area (Å²) in [6, 6.07) is 13.7. The topological polar surface area (TPSA) is 73.3 Å². The summed E-state index contributed by atoms with van der Waals surface area (Å²) in [6.45, 7) is 4.56. The van der Waals surface area contributed by atoms with Gasteiger partial charge in [0.2, 0.25) is 10.0 Å². The molecule has 0 saturated carbocycles. The molecule has 1 atom stereocenters. The van der Waals surface area contributed by atoms with Crippen molar-refractivity contribution in [3.05, 3.63) is 53.6 Å². The molecule has 4 rings (SSSR count). The average molecular weight is 446 g/mol. The molecule has 0 unspecified atom stereocenters. The van der Waals surface area contributed by atoms with Crippen LogP contribution in [0.25, 0.3) is 0 Å². The Hall–Kier alpha value is -2.29. The van der Waals surface area contributed by atoms with Gasteiger partial charge in [-0.3, -0.25) is 9.21 Å². The van der Waals surface area contributed by atoms with Gasteiger partial charge in [-0.15, -0.1) is 0 Å². The number of methoxy groups -OCH3 is 1. The van der Waals surface area contributed by atoms with Gasteiger partial charge in [0.05, 0.1) is 30.8 Å². The highest BCUT2D eigenvalue weighted by Gasteiger charge is 2.26. The molecule has 1 N–H and O–H groups in total. The number of hydrogen-bond acceptors (Lipinski definition) is 6. The Kier molecular flexibility index (Phi) is 6.41. The highest BCUT2D eigenvalue weighted by Crippen LogP contribution is 2.32. The predicted octanol–water partition coefficient (Wildman–Crippen LogP) is 2.26. The Morgan fingerprint density at radius 2 is 1.77 bits per heavy atom. The molecular formula is C23H31N3O4S. The molecule has 0 radical (unpaired) electrons. The summed E-state index contributed by atoms with van der Waals surface area (Å²) in [5.41, 5.74) is 3.70. The number of rotatable bonds is 6. The van der Waals surface area contributed by atoms with Crippen molar-refractivity contribution in [3.8, 4) is 5.75 Å². The summed E-state index contributed by atoms with van der Waals surface area (Å²) >= 11 is 0. The number of nitrogens with zero attached hydrogens (tertiary/aromatic N) is 3. The van der Waals surface area contributed by atoms with E-state index >= 15 is 0 Å². The second-order valence-electron chi connectivity index (χ2n) is 8.30. The number of hydrogen-bond donors (Lipinski definition) is 1. The molecule has 0 amide bonds. The lowest BCUT2D eigenvalue weighted by molar-refractivity contribution is 0.109. The maximum Gasteiger partial charge on any atom is 0.232 e. The van der Waals surface area contributed by atoms with Crippen LogP contribution in [0.15, 0.2) is 42.5 Å². The molecule has 0 aliphatic carbocycles. The number of β-amino-alcohol motifs (C(OH)–C–C–N with tert-alkyl or cyclic N) is 1. The van der Waals surface area contributed by atoms with Crippen molar-refractivity contribution in [1.82, 2.24) is 4.90 Å². The monoisotopic (exact) mass is 445 g/mol. The fraction of sp³-hybridized carbons (Fsp3) is 0.478. The summed E-state index contributed by atoms with van der Waals surface area (Å²) in [6.07, 6.45) is 2.27. The average Bonchev–Trinajstić information content (AvgIpc) is 2.78. The number of aliphatic hydroxyl groups excluding tert-OH is 1. The highest BCUT2D eigenvalue weighted by molar-refractivity contribution is 7.92. The van der Waals surface area contributed by atoms with Crippen LogP contribution < -0.4 is 13.9 Å². The Labute approximate surface area is 184 Å². The fourth-order valence-corrected chi connectivity index (χ4v) is 5.54. The third kappa shape index (κ3) is 4.81. The van der Waals surface area contributed by atoms with E-state index in [1.165, 1.54) is 10.6 Å². The first-order chi connectivity index (χ1) is 14.9. The van der Waals surface area contributed by atoms with Gasteiger partial charge in [-0.25, -0.2) is 8.42 Å². The van der Waals surface area contributed by atoms with Gasteiger partial charge in [-0.1, -0.05) is 24.3 Å². The summed E-state index contributed by atoms with van der Waals surface area (Å²) < 4.78 is 31.1. The van der Waals surface area contributed by atoms with E-state index in [1.54, 1.807) is 7.11 Å². The van der Waals surface area contributed by atoms with Crippen molar-refractivity contribution in [2.75, 3.05) is 61.8 Å². The number of fused-ring (bicyclic) bond motifs is 1. The number of piperazine rings is 1. The van der Waals surface area contributed by atoms with E-state index in [9.17, 15) is 13.5 Å². The number of ether oxygens (including phenoxy) is 1. The first kappa shape index (κ1) is 21.9. The molecular weight excluding hydrogens is 414 g/mol. The molecule has 0 spiro atoms. The minimum atomic E-state index is -3.28. The summed E-state index contributed by atoms with van der Waals surface area (Å²) in [7, 11) is -1.59. The van der Waals surface area contributed by atoms with Gasteiger partial charge in [-0.05, 0) is 42.2 Å². The lowest BCUT2D eigenvalue weighted by Crippen LogP contribution is -2.47. The lowest BCUT2D eigenvalue weighted by Gasteiger charge is -2.37. The summed E-state index contributed by atoms with van der Waals surface area (Å²) in [4.78, 5) is 4.60. The van der Waals surface area contributed by atoms with E-state index in [0.717, 1.165) is 67.3 Å². The second-order valence-corrected chi connectivity index (χ2v) is 10.2. The molecule has 0 aromatic heterocycles. The quantitative estimate of drug-likeness (QED) is 0.735. The van der Waals surface area contributed by atoms with Crippen LogP contribution in [0, 0.1) is 0 Å². The Balaban J connectivity index is 1.39. The third-order valence-corrected chi connectivity index (χ3v) is 7.37. The van der Waals surface area contributed by atoms with Gasteiger partial charge in [-0.2, -0.15) is 0 Å². The van der Waals surface area contributed by atoms with Crippen molar-refractivity contribution in [1.29, 1.82) is 0 Å². The second kappa shape index (κ2) is 9.06. The molecule has 168 valence electrons. The molecule has 7 nitrogen and oxygen atoms in total. The third-order valence-electron chi connectivity index (χ3n) is 6.19. The van der Waals surface area contributed by atoms with Crippen LogP contribution in [-0.2, 0) is 16.4 Å². The largest absolute Gasteiger partial charge is 0.495 e. The van der Waals surface area contributed by atoms with Gasteiger partial charge in [0.15, 0.2) is 0 Å². The maximum absolute atomic E-state index is 12.1. The van der Waals surface area contributed by atoms with Gasteiger partial charge in [0.1, 0.15) is 5.75 Å². The molecule has 2 aromatic rings. The van der Waals surface area contributed by atoms with Crippen molar-refractivity contribution in [2.24, 2.45) is 0 Å². The zero-order chi connectivity index (χ0) is 22.0. The normalized spacial score (nSPS) is 18.5. The fourth-order valence-electron chi connectivity index (χ4n) is 4.55. The van der Waals surface area contributed by atoms with Gasteiger partial charge in [0.25, 0.3) is 0 Å². The van der Waals surface area contributed by atoms with Crippen LogP contribution in [0.4, 0.5) is 11.4 Å². The molecule has 1 fully saturated rings. The zero-order valence-corrected chi connectivity index (χ0v) is 19.0. The number of benzene rings is 2. The maximum atomic E-state index is 12.1. The van der Waals surface area contributed by atoms with E-state index in [4.69, 9.17) is 4.74 Å². The number of aryl methyl sites for hydroxylation is 1. The number of aliphatic hydroxyl groups is 1. The molecule has 2 heterocycles. The van der Waals surface area contributed by atoms with E-state index in [1.807, 2.05) is 36.4 Å². The smallest absolute Gasteiger partial charge is 0.232 e. The first-order valence-electron chi connectivity index (χ1n) is 10.8. The SMILES string of the molecule is COc1ccccc1N1CCN(C[C@@H](O)c2ccc3c(c2)CCCN3S(C)(=O)=O)CC1. The van der Waals surface area contributed by atoms with Crippen LogP contribution in [-0.4, -0.2) is 71.1 Å². The molecule has 2 aliphatic rings. The Bertz CT molecular complexity index is 1020. The number of para-hydroxylation sites is 2. The van der Waals surface area contributed by atoms with Crippen molar-refractivity contribution < 1.29 is 18.3 Å². The summed E-state index contributed by atoms with van der Waals surface area (Å²) in [5, 5.41) is 10.9. The Morgan fingerprint density at radius 3 is 2.48 bits per heavy atom. The van der Waals surface area contributed by atoms with E-state index in [-0.39, 0.29) is 0 Å². The predicted molar refractivity (Wildman–Crippen MR) is 124 cm³/mol. The van der Waals surface area contributed by atoms with Crippen LogP contribution in [0.3, 0.4) is 0 Å². The van der Waals surface area contributed by atoms with Crippen LogP contribution in [0.1, 0.15) is 23.7 Å². The minimum Gasteiger partial charge on any atom is -0.495 e. The minimum absolute atomic E-state index is 0.518. The summed E-state index contributed by atoms with van der Waals surface area (Å²) in [5.74, 6) is 0.883.